The molecule has 1 aliphatic carbocycles. The van der Waals surface area contributed by atoms with E-state index in [1.807, 2.05) is 54.7 Å². The summed E-state index contributed by atoms with van der Waals surface area (Å²) < 4.78 is 13.5. The predicted octanol–water partition coefficient (Wildman–Crippen LogP) is 2.93. The molecule has 2 saturated heterocycles. The van der Waals surface area contributed by atoms with Crippen molar-refractivity contribution in [3.05, 3.63) is 18.0 Å². The van der Waals surface area contributed by atoms with Gasteiger partial charge in [-0.15, -0.1) is 0 Å². The lowest BCUT2D eigenvalue weighted by molar-refractivity contribution is -0.138. The van der Waals surface area contributed by atoms with E-state index in [-0.39, 0.29) is 41.4 Å². The minimum atomic E-state index is -0.542. The van der Waals surface area contributed by atoms with Crippen LogP contribution in [0.2, 0.25) is 0 Å². The first-order chi connectivity index (χ1) is 14.4. The zero-order chi connectivity index (χ0) is 22.6. The van der Waals surface area contributed by atoms with E-state index in [0.717, 1.165) is 12.8 Å². The van der Waals surface area contributed by atoms with Gasteiger partial charge in [-0.2, -0.15) is 5.10 Å². The van der Waals surface area contributed by atoms with Crippen molar-refractivity contribution >= 4 is 12.0 Å². The number of hydrogen-bond acceptors (Lipinski definition) is 5. The molecule has 1 saturated carbocycles. The van der Waals surface area contributed by atoms with Gasteiger partial charge < -0.3 is 14.4 Å². The van der Waals surface area contributed by atoms with Crippen LogP contribution in [0, 0.1) is 5.41 Å². The molecule has 0 bridgehead atoms. The molecular weight excluding hydrogens is 396 g/mol. The van der Waals surface area contributed by atoms with Gasteiger partial charge in [0.1, 0.15) is 5.60 Å². The van der Waals surface area contributed by atoms with E-state index in [2.05, 4.69) is 18.9 Å². The SMILES string of the molecule is Cn1cc(C2CN(C(=O)CC3CN(C(=O)OC(C)(C)C)C4(CC4)CO3)CC2(C)C)cn1. The monoisotopic (exact) mass is 432 g/mol. The average molecular weight is 433 g/mol. The van der Waals surface area contributed by atoms with Gasteiger partial charge in [-0.05, 0) is 44.6 Å². The van der Waals surface area contributed by atoms with Gasteiger partial charge in [0.2, 0.25) is 5.91 Å². The second kappa shape index (κ2) is 7.50. The number of hydrogen-bond donors (Lipinski definition) is 0. The maximum atomic E-state index is 13.2. The molecule has 1 spiro atoms. The molecule has 0 radical (unpaired) electrons. The molecule has 3 fully saturated rings. The first-order valence-electron chi connectivity index (χ1n) is 11.3. The van der Waals surface area contributed by atoms with Crippen molar-refractivity contribution in [3.63, 3.8) is 0 Å². The van der Waals surface area contributed by atoms with Crippen LogP contribution >= 0.6 is 0 Å². The third kappa shape index (κ3) is 4.59. The molecule has 1 aromatic heterocycles. The molecule has 2 atom stereocenters. The minimum Gasteiger partial charge on any atom is -0.444 e. The lowest BCUT2D eigenvalue weighted by Gasteiger charge is -2.40. The number of ether oxygens (including phenoxy) is 2. The van der Waals surface area contributed by atoms with Crippen molar-refractivity contribution in [2.24, 2.45) is 12.5 Å². The van der Waals surface area contributed by atoms with E-state index in [0.29, 0.717) is 26.2 Å². The van der Waals surface area contributed by atoms with E-state index in [9.17, 15) is 9.59 Å². The van der Waals surface area contributed by atoms with Crippen LogP contribution in [-0.4, -0.2) is 75.1 Å². The Balaban J connectivity index is 1.39. The van der Waals surface area contributed by atoms with Gasteiger partial charge in [-0.1, -0.05) is 13.8 Å². The zero-order valence-corrected chi connectivity index (χ0v) is 19.7. The average Bonchev–Trinajstić information content (AvgIpc) is 3.15. The summed E-state index contributed by atoms with van der Waals surface area (Å²) in [7, 11) is 1.91. The van der Waals surface area contributed by atoms with Gasteiger partial charge in [-0.25, -0.2) is 4.79 Å². The van der Waals surface area contributed by atoms with E-state index in [1.54, 1.807) is 0 Å². The van der Waals surface area contributed by atoms with E-state index < -0.39 is 5.60 Å². The summed E-state index contributed by atoms with van der Waals surface area (Å²) in [5, 5.41) is 4.30. The molecule has 4 rings (SSSR count). The van der Waals surface area contributed by atoms with Crippen molar-refractivity contribution in [2.75, 3.05) is 26.2 Å². The quantitative estimate of drug-likeness (QED) is 0.734. The number of carbonyl (C=O) groups excluding carboxylic acids is 2. The van der Waals surface area contributed by atoms with Gasteiger partial charge >= 0.3 is 6.09 Å². The zero-order valence-electron chi connectivity index (χ0n) is 19.7. The molecule has 1 aromatic rings. The van der Waals surface area contributed by atoms with Crippen molar-refractivity contribution in [1.82, 2.24) is 19.6 Å². The Kier molecular flexibility index (Phi) is 5.35. The fraction of sp³-hybridized carbons (Fsp3) is 0.783. The van der Waals surface area contributed by atoms with Crippen molar-refractivity contribution in [1.29, 1.82) is 0 Å². The first kappa shape index (κ1) is 22.1. The molecular formula is C23H36N4O4. The second-order valence-electron chi connectivity index (χ2n) is 11.2. The van der Waals surface area contributed by atoms with Crippen LogP contribution in [-0.2, 0) is 21.3 Å². The Morgan fingerprint density at radius 1 is 1.26 bits per heavy atom. The van der Waals surface area contributed by atoms with Crippen LogP contribution in [0.1, 0.15) is 65.4 Å². The van der Waals surface area contributed by atoms with Gasteiger partial charge in [0.15, 0.2) is 0 Å². The summed E-state index contributed by atoms with van der Waals surface area (Å²) in [5.41, 5.74) is 0.373. The first-order valence-corrected chi connectivity index (χ1v) is 11.3. The predicted molar refractivity (Wildman–Crippen MR) is 116 cm³/mol. The van der Waals surface area contributed by atoms with Crippen molar-refractivity contribution < 1.29 is 19.1 Å². The topological polar surface area (TPSA) is 76.9 Å². The number of aromatic nitrogens is 2. The lowest BCUT2D eigenvalue weighted by Crippen LogP contribution is -2.56. The summed E-state index contributed by atoms with van der Waals surface area (Å²) in [4.78, 5) is 29.7. The molecule has 0 N–H and O–H groups in total. The summed E-state index contributed by atoms with van der Waals surface area (Å²) in [5.74, 6) is 0.339. The van der Waals surface area contributed by atoms with Crippen LogP contribution in [0.3, 0.4) is 0 Å². The van der Waals surface area contributed by atoms with Crippen LogP contribution < -0.4 is 0 Å². The fourth-order valence-corrected chi connectivity index (χ4v) is 4.89. The van der Waals surface area contributed by atoms with E-state index >= 15 is 0 Å². The number of aryl methyl sites for hydroxylation is 1. The third-order valence-corrected chi connectivity index (χ3v) is 6.81. The Morgan fingerprint density at radius 3 is 2.55 bits per heavy atom. The van der Waals surface area contributed by atoms with Gasteiger partial charge in [-0.3, -0.25) is 14.4 Å². The standard InChI is InChI=1S/C23H36N4O4/c1-21(2,3)31-20(29)27-12-17(30-15-23(27)7-8-23)9-19(28)26-13-18(22(4,5)14-26)16-10-24-25(6)11-16/h10-11,17-18H,7-9,12-15H2,1-6H3. The molecule has 2 amide bonds. The van der Waals surface area contributed by atoms with E-state index in [1.165, 1.54) is 5.56 Å². The molecule has 0 aromatic carbocycles. The highest BCUT2D eigenvalue weighted by molar-refractivity contribution is 5.77. The normalized spacial score (nSPS) is 26.9. The largest absolute Gasteiger partial charge is 0.444 e. The molecule has 8 nitrogen and oxygen atoms in total. The maximum Gasteiger partial charge on any atom is 0.410 e. The Bertz CT molecular complexity index is 852. The number of amides is 2. The summed E-state index contributed by atoms with van der Waals surface area (Å²) >= 11 is 0. The lowest BCUT2D eigenvalue weighted by atomic mass is 9.79. The maximum absolute atomic E-state index is 13.2. The fourth-order valence-electron chi connectivity index (χ4n) is 4.89. The van der Waals surface area contributed by atoms with Gasteiger partial charge in [0.25, 0.3) is 0 Å². The second-order valence-corrected chi connectivity index (χ2v) is 11.2. The highest BCUT2D eigenvalue weighted by Crippen LogP contribution is 2.46. The minimum absolute atomic E-state index is 0.0211. The molecule has 172 valence electrons. The number of nitrogens with zero attached hydrogens (tertiary/aromatic N) is 4. The number of rotatable bonds is 3. The van der Waals surface area contributed by atoms with Gasteiger partial charge in [0.05, 0.1) is 37.4 Å². The number of carbonyl (C=O) groups is 2. The molecule has 8 heteroatoms. The third-order valence-electron chi connectivity index (χ3n) is 6.81. The summed E-state index contributed by atoms with van der Waals surface area (Å²) in [6.45, 7) is 12.3. The Morgan fingerprint density at radius 2 is 1.97 bits per heavy atom. The molecule has 31 heavy (non-hydrogen) atoms. The highest BCUT2D eigenvalue weighted by Gasteiger charge is 2.55. The van der Waals surface area contributed by atoms with Crippen LogP contribution in [0.4, 0.5) is 4.79 Å². The molecule has 3 aliphatic rings. The Hall–Kier alpha value is -2.09. The molecule has 2 aliphatic heterocycles. The highest BCUT2D eigenvalue weighted by atomic mass is 16.6. The summed E-state index contributed by atoms with van der Waals surface area (Å²) in [6.07, 6.45) is 5.48. The van der Waals surface area contributed by atoms with Gasteiger partial charge in [0, 0.05) is 32.3 Å². The van der Waals surface area contributed by atoms with Crippen molar-refractivity contribution in [2.45, 2.75) is 77.0 Å². The Labute approximate surface area is 184 Å². The van der Waals surface area contributed by atoms with Crippen LogP contribution in [0.15, 0.2) is 12.4 Å². The number of likely N-dealkylation sites (tertiary alicyclic amines) is 1. The van der Waals surface area contributed by atoms with E-state index in [4.69, 9.17) is 9.47 Å². The van der Waals surface area contributed by atoms with Crippen LogP contribution in [0.25, 0.3) is 0 Å². The number of morpholine rings is 1. The van der Waals surface area contributed by atoms with Crippen molar-refractivity contribution in [3.8, 4) is 0 Å². The molecule has 2 unspecified atom stereocenters. The summed E-state index contributed by atoms with van der Waals surface area (Å²) in [6, 6.07) is 0. The smallest absolute Gasteiger partial charge is 0.410 e. The molecule has 3 heterocycles. The van der Waals surface area contributed by atoms with Crippen LogP contribution in [0.5, 0.6) is 0 Å².